The van der Waals surface area contributed by atoms with E-state index in [0.29, 0.717) is 17.4 Å². The molecule has 3 rings (SSSR count). The summed E-state index contributed by atoms with van der Waals surface area (Å²) < 4.78 is 8.24. The Balaban J connectivity index is 0.00000560. The molecular formula is C33H46BrClN2O2S. The van der Waals surface area contributed by atoms with Crippen LogP contribution in [0.15, 0.2) is 54.2 Å². The Labute approximate surface area is 261 Å². The first-order valence-corrected chi connectivity index (χ1v) is 16.0. The first-order chi connectivity index (χ1) is 19.0. The minimum absolute atomic E-state index is 0. The number of thiazole rings is 1. The molecule has 0 aliphatic carbocycles. The van der Waals surface area contributed by atoms with E-state index in [1.165, 1.54) is 75.5 Å². The maximum Gasteiger partial charge on any atom is 0.228 e. The SMILES string of the molecule is CCCCCCCCCCCCCCOc1cc(Cl)ccc1CC(=O)Nc1cccc(C[n+]2csc(C)c2)c1.[Br-]. The number of amides is 1. The van der Waals surface area contributed by atoms with Crippen molar-refractivity contribution in [1.29, 1.82) is 0 Å². The van der Waals surface area contributed by atoms with Gasteiger partial charge in [-0.1, -0.05) is 119 Å². The zero-order chi connectivity index (χ0) is 27.7. The summed E-state index contributed by atoms with van der Waals surface area (Å²) in [6.07, 6.45) is 18.1. The van der Waals surface area contributed by atoms with E-state index in [2.05, 4.69) is 41.5 Å². The van der Waals surface area contributed by atoms with E-state index < -0.39 is 0 Å². The molecule has 0 atom stereocenters. The molecule has 2 aromatic carbocycles. The largest absolute Gasteiger partial charge is 1.00 e. The van der Waals surface area contributed by atoms with E-state index in [9.17, 15) is 4.79 Å². The van der Waals surface area contributed by atoms with E-state index in [0.717, 1.165) is 29.8 Å². The Morgan fingerprint density at radius 2 is 1.60 bits per heavy atom. The smallest absolute Gasteiger partial charge is 0.228 e. The number of nitrogens with zero attached hydrogens (tertiary/aromatic N) is 1. The van der Waals surface area contributed by atoms with Gasteiger partial charge in [0.1, 0.15) is 5.75 Å². The van der Waals surface area contributed by atoms with Crippen LogP contribution in [0.5, 0.6) is 5.75 Å². The van der Waals surface area contributed by atoms with Gasteiger partial charge in [-0.2, -0.15) is 4.57 Å². The second kappa shape index (κ2) is 20.1. The third-order valence-electron chi connectivity index (χ3n) is 6.93. The molecule has 7 heteroatoms. The number of nitrogens with one attached hydrogen (secondary N) is 1. The van der Waals surface area contributed by atoms with Gasteiger partial charge in [0.05, 0.1) is 17.9 Å². The average Bonchev–Trinajstić information content (AvgIpc) is 3.32. The normalized spacial score (nSPS) is 10.8. The molecule has 0 aliphatic rings. The molecule has 0 aliphatic heterocycles. The van der Waals surface area contributed by atoms with Crippen LogP contribution in [0.4, 0.5) is 5.69 Å². The lowest BCUT2D eigenvalue weighted by molar-refractivity contribution is -0.683. The van der Waals surface area contributed by atoms with Crippen LogP contribution in [0.2, 0.25) is 5.02 Å². The van der Waals surface area contributed by atoms with Gasteiger partial charge in [0.25, 0.3) is 0 Å². The Bertz CT molecular complexity index is 1140. The molecule has 0 saturated heterocycles. The van der Waals surface area contributed by atoms with Gasteiger partial charge in [-0.05, 0) is 37.6 Å². The topological polar surface area (TPSA) is 42.2 Å². The third-order valence-corrected chi connectivity index (χ3v) is 8.02. The number of unbranched alkanes of at least 4 members (excludes halogenated alkanes) is 11. The highest BCUT2D eigenvalue weighted by Gasteiger charge is 2.12. The molecule has 1 aromatic heterocycles. The van der Waals surface area contributed by atoms with Crippen molar-refractivity contribution in [2.24, 2.45) is 0 Å². The number of aromatic nitrogens is 1. The molecule has 1 heterocycles. The van der Waals surface area contributed by atoms with Crippen molar-refractivity contribution in [2.45, 2.75) is 104 Å². The average molecular weight is 650 g/mol. The highest BCUT2D eigenvalue weighted by molar-refractivity contribution is 7.09. The van der Waals surface area contributed by atoms with Crippen LogP contribution < -0.4 is 31.6 Å². The molecular weight excluding hydrogens is 604 g/mol. The fraction of sp³-hybridized carbons (Fsp3) is 0.515. The van der Waals surface area contributed by atoms with Crippen LogP contribution in [0.25, 0.3) is 0 Å². The fourth-order valence-electron chi connectivity index (χ4n) is 4.80. The number of hydrogen-bond donors (Lipinski definition) is 1. The first-order valence-electron chi connectivity index (χ1n) is 14.8. The van der Waals surface area contributed by atoms with Crippen LogP contribution in [-0.4, -0.2) is 12.5 Å². The predicted octanol–water partition coefficient (Wildman–Crippen LogP) is 6.31. The van der Waals surface area contributed by atoms with Crippen LogP contribution in [0.1, 0.15) is 100.0 Å². The summed E-state index contributed by atoms with van der Waals surface area (Å²) in [5, 5.41) is 3.67. The number of ether oxygens (including phenoxy) is 1. The highest BCUT2D eigenvalue weighted by Crippen LogP contribution is 2.25. The number of benzene rings is 2. The van der Waals surface area contributed by atoms with Crippen LogP contribution in [0, 0.1) is 6.92 Å². The molecule has 3 aromatic rings. The Morgan fingerprint density at radius 1 is 0.925 bits per heavy atom. The zero-order valence-electron chi connectivity index (χ0n) is 24.2. The predicted molar refractivity (Wildman–Crippen MR) is 165 cm³/mol. The van der Waals surface area contributed by atoms with Crippen molar-refractivity contribution < 1.29 is 31.1 Å². The summed E-state index contributed by atoms with van der Waals surface area (Å²) in [5.41, 5.74) is 4.92. The Kier molecular flexibility index (Phi) is 17.2. The van der Waals surface area contributed by atoms with Crippen molar-refractivity contribution in [3.05, 3.63) is 75.2 Å². The standard InChI is InChI=1S/C33H45ClN2O2S.BrH/c1-3-4-5-6-7-8-9-10-11-12-13-14-20-38-32-23-30(34)19-18-29(32)22-33(37)35-31-17-15-16-28(21-31)25-36-24-27(2)39-26-36;/h15-19,21,23-24,26H,3-14,20,22,25H2,1-2H3;1H. The summed E-state index contributed by atoms with van der Waals surface area (Å²) in [5.74, 6) is 0.641. The lowest BCUT2D eigenvalue weighted by Crippen LogP contribution is -3.00. The summed E-state index contributed by atoms with van der Waals surface area (Å²) >= 11 is 7.97. The maximum absolute atomic E-state index is 12.9. The molecule has 40 heavy (non-hydrogen) atoms. The number of rotatable bonds is 19. The van der Waals surface area contributed by atoms with E-state index >= 15 is 0 Å². The zero-order valence-corrected chi connectivity index (χ0v) is 27.4. The van der Waals surface area contributed by atoms with Crippen molar-refractivity contribution in [3.63, 3.8) is 0 Å². The second-order valence-corrected chi connectivity index (χ2v) is 12.1. The number of anilines is 1. The highest BCUT2D eigenvalue weighted by atomic mass is 79.9. The van der Waals surface area contributed by atoms with E-state index in [4.69, 9.17) is 16.3 Å². The number of halogens is 2. The van der Waals surface area contributed by atoms with Gasteiger partial charge < -0.3 is 27.0 Å². The third kappa shape index (κ3) is 13.6. The van der Waals surface area contributed by atoms with Gasteiger partial charge in [0, 0.05) is 21.8 Å². The Hall–Kier alpha value is -1.89. The summed E-state index contributed by atoms with van der Waals surface area (Å²) in [6, 6.07) is 13.6. The number of carbonyl (C=O) groups is 1. The van der Waals surface area contributed by atoms with Crippen molar-refractivity contribution in [2.75, 3.05) is 11.9 Å². The second-order valence-electron chi connectivity index (χ2n) is 10.6. The monoisotopic (exact) mass is 648 g/mol. The summed E-state index contributed by atoms with van der Waals surface area (Å²) in [7, 11) is 0. The molecule has 0 unspecified atom stereocenters. The minimum atomic E-state index is -0.0660. The minimum Gasteiger partial charge on any atom is -1.00 e. The lowest BCUT2D eigenvalue weighted by atomic mass is 10.1. The van der Waals surface area contributed by atoms with Crippen molar-refractivity contribution >= 4 is 34.5 Å². The molecule has 0 radical (unpaired) electrons. The van der Waals surface area contributed by atoms with Crippen LogP contribution in [-0.2, 0) is 17.8 Å². The molecule has 0 spiro atoms. The fourth-order valence-corrected chi connectivity index (χ4v) is 5.59. The molecule has 4 nitrogen and oxygen atoms in total. The van der Waals surface area contributed by atoms with Gasteiger partial charge >= 0.3 is 0 Å². The molecule has 1 amide bonds. The van der Waals surface area contributed by atoms with E-state index in [1.54, 1.807) is 11.3 Å². The molecule has 220 valence electrons. The lowest BCUT2D eigenvalue weighted by Gasteiger charge is -2.13. The quantitative estimate of drug-likeness (QED) is 0.122. The molecule has 0 saturated carbocycles. The van der Waals surface area contributed by atoms with Gasteiger partial charge in [0.2, 0.25) is 11.4 Å². The van der Waals surface area contributed by atoms with Crippen LogP contribution in [0.3, 0.4) is 0 Å². The number of hydrogen-bond acceptors (Lipinski definition) is 3. The van der Waals surface area contributed by atoms with Gasteiger partial charge in [-0.25, -0.2) is 0 Å². The van der Waals surface area contributed by atoms with E-state index in [1.807, 2.05) is 36.4 Å². The number of carbonyl (C=O) groups excluding carboxylic acids is 1. The summed E-state index contributed by atoms with van der Waals surface area (Å²) in [6.45, 7) is 5.80. The first kappa shape index (κ1) is 34.3. The van der Waals surface area contributed by atoms with Gasteiger partial charge in [-0.3, -0.25) is 4.79 Å². The Morgan fingerprint density at radius 3 is 2.25 bits per heavy atom. The summed E-state index contributed by atoms with van der Waals surface area (Å²) in [4.78, 5) is 14.2. The van der Waals surface area contributed by atoms with Gasteiger partial charge in [0.15, 0.2) is 12.7 Å². The maximum atomic E-state index is 12.9. The molecule has 1 N–H and O–H groups in total. The van der Waals surface area contributed by atoms with Crippen molar-refractivity contribution in [3.8, 4) is 5.75 Å². The van der Waals surface area contributed by atoms with E-state index in [-0.39, 0.29) is 29.3 Å². The molecule has 0 bridgehead atoms. The van der Waals surface area contributed by atoms with Crippen LogP contribution >= 0.6 is 22.9 Å². The molecule has 0 fully saturated rings. The number of aryl methyl sites for hydroxylation is 1. The van der Waals surface area contributed by atoms with Gasteiger partial charge in [-0.15, -0.1) is 0 Å². The van der Waals surface area contributed by atoms with Crippen molar-refractivity contribution in [1.82, 2.24) is 0 Å².